The van der Waals surface area contributed by atoms with E-state index < -0.39 is 24.5 Å². The van der Waals surface area contributed by atoms with Crippen molar-refractivity contribution in [3.63, 3.8) is 0 Å². The maximum Gasteiger partial charge on any atom is 0.337 e. The number of benzene rings is 2. The molecule has 0 aliphatic carbocycles. The lowest BCUT2D eigenvalue weighted by Crippen LogP contribution is -2.31. The number of carbonyl (C=O) groups excluding carboxylic acids is 3. The van der Waals surface area contributed by atoms with E-state index in [0.717, 1.165) is 0 Å². The molecule has 0 aliphatic heterocycles. The van der Waals surface area contributed by atoms with Crippen molar-refractivity contribution in [2.24, 2.45) is 0 Å². The summed E-state index contributed by atoms with van der Waals surface area (Å²) in [5.74, 6) is -0.896. The molecule has 0 atom stereocenters. The zero-order chi connectivity index (χ0) is 21.1. The highest BCUT2D eigenvalue weighted by molar-refractivity contribution is 6.30. The molecule has 0 fully saturated rings. The van der Waals surface area contributed by atoms with E-state index >= 15 is 0 Å². The average Bonchev–Trinajstić information content (AvgIpc) is 2.74. The third-order valence-electron chi connectivity index (χ3n) is 3.60. The molecule has 0 bridgehead atoms. The first-order valence-electron chi connectivity index (χ1n) is 8.66. The summed E-state index contributed by atoms with van der Waals surface area (Å²) in [6.07, 6.45) is 2.71. The molecular formula is C21H20ClNO6. The van der Waals surface area contributed by atoms with Crippen LogP contribution in [0.15, 0.2) is 54.6 Å². The Kier molecular flexibility index (Phi) is 8.72. The van der Waals surface area contributed by atoms with Crippen molar-refractivity contribution in [3.05, 3.63) is 70.8 Å². The van der Waals surface area contributed by atoms with Gasteiger partial charge in [-0.25, -0.2) is 9.59 Å². The van der Waals surface area contributed by atoms with Crippen LogP contribution >= 0.6 is 11.6 Å². The van der Waals surface area contributed by atoms with E-state index in [1.54, 1.807) is 48.5 Å². The highest BCUT2D eigenvalue weighted by Crippen LogP contribution is 2.15. The van der Waals surface area contributed by atoms with Crippen molar-refractivity contribution in [2.75, 3.05) is 26.9 Å². The Morgan fingerprint density at radius 2 is 1.72 bits per heavy atom. The number of esters is 2. The van der Waals surface area contributed by atoms with E-state index in [1.165, 1.54) is 19.3 Å². The maximum atomic E-state index is 11.7. The number of carbonyl (C=O) groups is 3. The van der Waals surface area contributed by atoms with Crippen molar-refractivity contribution in [3.8, 4) is 5.75 Å². The lowest BCUT2D eigenvalue weighted by atomic mass is 10.1. The van der Waals surface area contributed by atoms with Gasteiger partial charge in [0.15, 0.2) is 6.61 Å². The van der Waals surface area contributed by atoms with Crippen molar-refractivity contribution >= 4 is 35.5 Å². The van der Waals surface area contributed by atoms with Crippen LogP contribution in [-0.2, 0) is 19.1 Å². The standard InChI is InChI=1S/C21H20ClNO6/c1-27-21(26)16-5-2-15(3-6-16)4-11-20(25)29-14-19(24)23-12-13-28-18-9-7-17(22)8-10-18/h2-11H,12-14H2,1H3,(H,23,24)/b11-4+. The van der Waals surface area contributed by atoms with Gasteiger partial charge < -0.3 is 19.5 Å². The van der Waals surface area contributed by atoms with Gasteiger partial charge in [-0.15, -0.1) is 0 Å². The van der Waals surface area contributed by atoms with E-state index in [0.29, 0.717) is 21.9 Å². The highest BCUT2D eigenvalue weighted by atomic mass is 35.5. The zero-order valence-electron chi connectivity index (χ0n) is 15.7. The fraction of sp³-hybridized carbons (Fsp3) is 0.190. The second-order valence-corrected chi connectivity index (χ2v) is 6.14. The summed E-state index contributed by atoms with van der Waals surface area (Å²) in [6, 6.07) is 13.3. The largest absolute Gasteiger partial charge is 0.492 e. The van der Waals surface area contributed by atoms with Gasteiger partial charge in [0, 0.05) is 11.1 Å². The molecule has 8 heteroatoms. The first-order valence-corrected chi connectivity index (χ1v) is 9.04. The van der Waals surface area contributed by atoms with E-state index in [4.69, 9.17) is 21.1 Å². The number of hydrogen-bond acceptors (Lipinski definition) is 6. The molecule has 2 rings (SSSR count). The number of halogens is 1. The Labute approximate surface area is 173 Å². The first-order chi connectivity index (χ1) is 14.0. The lowest BCUT2D eigenvalue weighted by molar-refractivity contribution is -0.143. The summed E-state index contributed by atoms with van der Waals surface area (Å²) in [5.41, 5.74) is 1.10. The van der Waals surface area contributed by atoms with E-state index in [-0.39, 0.29) is 13.2 Å². The smallest absolute Gasteiger partial charge is 0.337 e. The Morgan fingerprint density at radius 3 is 2.38 bits per heavy atom. The van der Waals surface area contributed by atoms with Crippen molar-refractivity contribution < 1.29 is 28.6 Å². The van der Waals surface area contributed by atoms with E-state index in [2.05, 4.69) is 10.1 Å². The lowest BCUT2D eigenvalue weighted by Gasteiger charge is -2.08. The third-order valence-corrected chi connectivity index (χ3v) is 3.85. The molecule has 0 radical (unpaired) electrons. The van der Waals surface area contributed by atoms with Gasteiger partial charge in [-0.2, -0.15) is 0 Å². The first kappa shape index (κ1) is 22.0. The maximum absolute atomic E-state index is 11.7. The number of rotatable bonds is 9. The molecule has 1 amide bonds. The fourth-order valence-corrected chi connectivity index (χ4v) is 2.26. The number of nitrogens with one attached hydrogen (secondary N) is 1. The van der Waals surface area contributed by atoms with Gasteiger partial charge in [0.25, 0.3) is 5.91 Å². The Hall–Kier alpha value is -3.32. The normalized spacial score (nSPS) is 10.4. The molecule has 7 nitrogen and oxygen atoms in total. The molecule has 0 heterocycles. The number of ether oxygens (including phenoxy) is 3. The molecule has 1 N–H and O–H groups in total. The Morgan fingerprint density at radius 1 is 1.03 bits per heavy atom. The molecule has 152 valence electrons. The summed E-state index contributed by atoms with van der Waals surface area (Å²) in [6.45, 7) is 0.135. The van der Waals surface area contributed by atoms with Gasteiger partial charge in [0.1, 0.15) is 12.4 Å². The summed E-state index contributed by atoms with van der Waals surface area (Å²) in [7, 11) is 1.30. The van der Waals surface area contributed by atoms with Gasteiger partial charge in [-0.1, -0.05) is 23.7 Å². The molecule has 0 aromatic heterocycles. The van der Waals surface area contributed by atoms with E-state index in [1.807, 2.05) is 0 Å². The van der Waals surface area contributed by atoms with E-state index in [9.17, 15) is 14.4 Å². The quantitative estimate of drug-likeness (QED) is 0.383. The SMILES string of the molecule is COC(=O)c1ccc(/C=C/C(=O)OCC(=O)NCCOc2ccc(Cl)cc2)cc1. The van der Waals surface area contributed by atoms with Crippen LogP contribution in [0.1, 0.15) is 15.9 Å². The van der Waals surface area contributed by atoms with Gasteiger partial charge >= 0.3 is 11.9 Å². The van der Waals surface area contributed by atoms with Gasteiger partial charge in [0.05, 0.1) is 19.2 Å². The topological polar surface area (TPSA) is 90.9 Å². The van der Waals surface area contributed by atoms with Crippen LogP contribution in [0.4, 0.5) is 0 Å². The molecule has 2 aromatic carbocycles. The predicted octanol–water partition coefficient (Wildman–Crippen LogP) is 2.88. The molecular weight excluding hydrogens is 398 g/mol. The summed E-state index contributed by atoms with van der Waals surface area (Å²) < 4.78 is 14.9. The van der Waals surface area contributed by atoms with Gasteiger partial charge in [-0.05, 0) is 48.0 Å². The number of methoxy groups -OCH3 is 1. The summed E-state index contributed by atoms with van der Waals surface area (Å²) in [5, 5.41) is 3.19. The molecule has 2 aromatic rings. The average molecular weight is 418 g/mol. The fourth-order valence-electron chi connectivity index (χ4n) is 2.14. The minimum atomic E-state index is -0.658. The van der Waals surface area contributed by atoms with Crippen molar-refractivity contribution in [1.82, 2.24) is 5.32 Å². The zero-order valence-corrected chi connectivity index (χ0v) is 16.5. The second kappa shape index (κ2) is 11.5. The second-order valence-electron chi connectivity index (χ2n) is 5.71. The van der Waals surface area contributed by atoms with Crippen LogP contribution in [0.3, 0.4) is 0 Å². The van der Waals surface area contributed by atoms with Crippen LogP contribution in [0, 0.1) is 0 Å². The van der Waals surface area contributed by atoms with Crippen LogP contribution in [0.5, 0.6) is 5.75 Å². The summed E-state index contributed by atoms with van der Waals surface area (Å²) >= 11 is 5.78. The molecule has 0 aliphatic rings. The Balaban J connectivity index is 1.64. The molecule has 0 unspecified atom stereocenters. The predicted molar refractivity (Wildman–Crippen MR) is 108 cm³/mol. The van der Waals surface area contributed by atoms with Crippen LogP contribution < -0.4 is 10.1 Å². The van der Waals surface area contributed by atoms with Crippen molar-refractivity contribution in [1.29, 1.82) is 0 Å². The highest BCUT2D eigenvalue weighted by Gasteiger charge is 2.06. The third kappa shape index (κ3) is 8.06. The monoisotopic (exact) mass is 417 g/mol. The van der Waals surface area contributed by atoms with Crippen LogP contribution in [0.2, 0.25) is 5.02 Å². The summed E-state index contributed by atoms with van der Waals surface area (Å²) in [4.78, 5) is 34.7. The molecule has 29 heavy (non-hydrogen) atoms. The van der Waals surface area contributed by atoms with Crippen molar-refractivity contribution in [2.45, 2.75) is 0 Å². The molecule has 0 saturated heterocycles. The minimum Gasteiger partial charge on any atom is -0.492 e. The molecule has 0 spiro atoms. The van der Waals surface area contributed by atoms with Crippen LogP contribution in [-0.4, -0.2) is 44.7 Å². The van der Waals surface area contributed by atoms with Crippen LogP contribution in [0.25, 0.3) is 6.08 Å². The minimum absolute atomic E-state index is 0.265. The number of hydrogen-bond donors (Lipinski definition) is 1. The molecule has 0 saturated carbocycles. The number of amides is 1. The van der Waals surface area contributed by atoms with Gasteiger partial charge in [-0.3, -0.25) is 4.79 Å². The Bertz CT molecular complexity index is 862. The van der Waals surface area contributed by atoms with Gasteiger partial charge in [0.2, 0.25) is 0 Å².